The highest BCUT2D eigenvalue weighted by Gasteiger charge is 2.72. The van der Waals surface area contributed by atoms with Crippen LogP contribution in [0.4, 0.5) is 35.1 Å². The fraction of sp³-hybridized carbons (Fsp3) is 0.412. The summed E-state index contributed by atoms with van der Waals surface area (Å²) in [5.74, 6) is -19.0. The molecular weight excluding hydrogens is 688 g/mol. The maximum atomic E-state index is 13.7. The van der Waals surface area contributed by atoms with Crippen LogP contribution < -0.4 is 0 Å². The van der Waals surface area contributed by atoms with Gasteiger partial charge >= 0.3 is 23.7 Å². The number of ether oxygens (including phenoxy) is 4. The average molecular weight is 721 g/mol. The molecule has 0 unspecified atom stereocenters. The van der Waals surface area contributed by atoms with Crippen molar-refractivity contribution in [2.24, 2.45) is 0 Å². The van der Waals surface area contributed by atoms with E-state index in [1.165, 1.54) is 0 Å². The Balaban J connectivity index is 0.000000194. The summed E-state index contributed by atoms with van der Waals surface area (Å²) in [5.41, 5.74) is 1.19. The van der Waals surface area contributed by atoms with Gasteiger partial charge in [-0.1, -0.05) is 72.8 Å². The Hall–Kier alpha value is -3.48. The highest BCUT2D eigenvalue weighted by Crippen LogP contribution is 2.47. The molecule has 16 heteroatoms. The molecule has 0 aliphatic carbocycles. The number of benzene rings is 4. The Labute approximate surface area is 279 Å². The van der Waals surface area contributed by atoms with Gasteiger partial charge in [-0.3, -0.25) is 0 Å². The molecule has 0 bridgehead atoms. The molecule has 0 aromatic heterocycles. The smallest absolute Gasteiger partial charge is 0.343 e. The first-order valence-electron chi connectivity index (χ1n) is 15.1. The minimum absolute atomic E-state index is 0.230. The van der Waals surface area contributed by atoms with Gasteiger partial charge in [-0.15, -0.1) is 0 Å². The number of rotatable bonds is 8. The summed E-state index contributed by atoms with van der Waals surface area (Å²) >= 11 is 0. The van der Waals surface area contributed by atoms with Crippen LogP contribution in [-0.2, 0) is 32.2 Å². The van der Waals surface area contributed by atoms with Crippen LogP contribution >= 0.6 is 0 Å². The molecule has 2 aliphatic heterocycles. The van der Waals surface area contributed by atoms with E-state index >= 15 is 0 Å². The highest BCUT2D eigenvalue weighted by molar-refractivity contribution is 5.83. The van der Waals surface area contributed by atoms with Crippen LogP contribution in [0.2, 0.25) is 0 Å². The van der Waals surface area contributed by atoms with E-state index in [2.05, 4.69) is 9.47 Å². The number of halogens is 8. The normalized spacial score (nSPS) is 28.2. The molecule has 2 aliphatic rings. The Bertz CT molecular complexity index is 1630. The SMILES string of the molecule is OC[C@H]1O[C@@H](OCc2ccc3ccccc3c2)[C@@H](O)C(F)(F)C1(F)F.OC[C@H]1O[C@@H](OCc2ccc3ccccc3c2)[C@@H](O)C(F)(F)C1(F)F. The quantitative estimate of drug-likeness (QED) is 0.179. The molecule has 50 heavy (non-hydrogen) atoms. The van der Waals surface area contributed by atoms with Gasteiger partial charge in [0.25, 0.3) is 0 Å². The zero-order valence-electron chi connectivity index (χ0n) is 25.8. The van der Waals surface area contributed by atoms with Gasteiger partial charge in [-0.2, -0.15) is 35.1 Å². The lowest BCUT2D eigenvalue weighted by atomic mass is 9.97. The summed E-state index contributed by atoms with van der Waals surface area (Å²) in [6, 6.07) is 25.3. The van der Waals surface area contributed by atoms with Crippen LogP contribution in [0.3, 0.4) is 0 Å². The molecule has 2 fully saturated rings. The van der Waals surface area contributed by atoms with Crippen molar-refractivity contribution < 1.29 is 74.5 Å². The van der Waals surface area contributed by atoms with Crippen LogP contribution in [0.5, 0.6) is 0 Å². The molecule has 6 rings (SSSR count). The van der Waals surface area contributed by atoms with Gasteiger partial charge in [0.15, 0.2) is 37.0 Å². The molecule has 2 heterocycles. The van der Waals surface area contributed by atoms with Gasteiger partial charge in [0.2, 0.25) is 0 Å². The van der Waals surface area contributed by atoms with Crippen molar-refractivity contribution in [2.45, 2.75) is 73.9 Å². The number of alkyl halides is 8. The third-order valence-corrected chi connectivity index (χ3v) is 8.34. The fourth-order valence-electron chi connectivity index (χ4n) is 5.40. The fourth-order valence-corrected chi connectivity index (χ4v) is 5.40. The Kier molecular flexibility index (Phi) is 11.1. The van der Waals surface area contributed by atoms with Crippen molar-refractivity contribution in [2.75, 3.05) is 13.2 Å². The van der Waals surface area contributed by atoms with E-state index in [0.29, 0.717) is 11.1 Å². The second-order valence-electron chi connectivity index (χ2n) is 11.7. The molecule has 0 spiro atoms. The van der Waals surface area contributed by atoms with Crippen molar-refractivity contribution in [3.63, 3.8) is 0 Å². The highest BCUT2D eigenvalue weighted by atomic mass is 19.3. The van der Waals surface area contributed by atoms with Gasteiger partial charge in [-0.25, -0.2) is 0 Å². The first-order valence-corrected chi connectivity index (χ1v) is 15.1. The van der Waals surface area contributed by atoms with Crippen molar-refractivity contribution in [3.05, 3.63) is 96.1 Å². The summed E-state index contributed by atoms with van der Waals surface area (Å²) < 4.78 is 129. The van der Waals surface area contributed by atoms with Crippen LogP contribution in [0, 0.1) is 0 Å². The summed E-state index contributed by atoms with van der Waals surface area (Å²) in [4.78, 5) is 0. The van der Waals surface area contributed by atoms with Crippen LogP contribution in [-0.4, -0.2) is 94.3 Å². The molecule has 4 aromatic rings. The maximum Gasteiger partial charge on any atom is 0.343 e. The number of hydrogen-bond donors (Lipinski definition) is 4. The summed E-state index contributed by atoms with van der Waals surface area (Å²) in [5, 5.41) is 40.6. The molecule has 272 valence electrons. The van der Waals surface area contributed by atoms with Gasteiger partial charge in [0, 0.05) is 0 Å². The molecule has 0 amide bonds. The molecular formula is C34H32F8O8. The molecule has 4 N–H and O–H groups in total. The minimum Gasteiger partial charge on any atom is -0.393 e. The Morgan fingerprint density at radius 2 is 0.840 bits per heavy atom. The van der Waals surface area contributed by atoms with E-state index in [4.69, 9.17) is 19.7 Å². The predicted molar refractivity (Wildman–Crippen MR) is 161 cm³/mol. The van der Waals surface area contributed by atoms with Crippen molar-refractivity contribution in [1.82, 2.24) is 0 Å². The average Bonchev–Trinajstić information content (AvgIpc) is 3.10. The largest absolute Gasteiger partial charge is 0.393 e. The molecule has 4 aromatic carbocycles. The Morgan fingerprint density at radius 3 is 1.18 bits per heavy atom. The van der Waals surface area contributed by atoms with E-state index in [0.717, 1.165) is 21.5 Å². The van der Waals surface area contributed by atoms with Crippen LogP contribution in [0.25, 0.3) is 21.5 Å². The molecule has 0 saturated carbocycles. The van der Waals surface area contributed by atoms with Crippen molar-refractivity contribution in [3.8, 4) is 0 Å². The molecule has 6 atom stereocenters. The van der Waals surface area contributed by atoms with E-state index in [1.807, 2.05) is 48.5 Å². The summed E-state index contributed by atoms with van der Waals surface area (Å²) in [6.07, 6.45) is -14.6. The van der Waals surface area contributed by atoms with Gasteiger partial charge in [-0.05, 0) is 44.8 Å². The number of aliphatic hydroxyl groups excluding tert-OH is 4. The first-order chi connectivity index (χ1) is 23.5. The van der Waals surface area contributed by atoms with E-state index in [9.17, 15) is 45.3 Å². The van der Waals surface area contributed by atoms with Gasteiger partial charge < -0.3 is 39.4 Å². The third kappa shape index (κ3) is 7.16. The monoisotopic (exact) mass is 720 g/mol. The first kappa shape index (κ1) is 37.8. The van der Waals surface area contributed by atoms with Crippen LogP contribution in [0.15, 0.2) is 84.9 Å². The van der Waals surface area contributed by atoms with E-state index < -0.39 is 73.9 Å². The predicted octanol–water partition coefficient (Wildman–Crippen LogP) is 5.41. The second kappa shape index (κ2) is 14.6. The minimum atomic E-state index is -4.79. The Morgan fingerprint density at radius 1 is 0.500 bits per heavy atom. The van der Waals surface area contributed by atoms with Crippen molar-refractivity contribution in [1.29, 1.82) is 0 Å². The lowest BCUT2D eigenvalue weighted by Gasteiger charge is -2.43. The number of aliphatic hydroxyl groups is 4. The van der Waals surface area contributed by atoms with E-state index in [-0.39, 0.29) is 13.2 Å². The second-order valence-corrected chi connectivity index (χ2v) is 11.7. The maximum absolute atomic E-state index is 13.7. The van der Waals surface area contributed by atoms with Gasteiger partial charge in [0.05, 0.1) is 26.4 Å². The van der Waals surface area contributed by atoms with Gasteiger partial charge in [0.1, 0.15) is 0 Å². The molecule has 0 radical (unpaired) electrons. The molecule has 8 nitrogen and oxygen atoms in total. The zero-order chi connectivity index (χ0) is 36.5. The zero-order valence-corrected chi connectivity index (χ0v) is 25.8. The molecule has 2 saturated heterocycles. The number of fused-ring (bicyclic) bond motifs is 2. The standard InChI is InChI=1S/2C17H16F4O4/c2*18-16(19)13(8-22)25-15(14(23)17(16,20)21)24-9-10-5-6-11-3-1-2-4-12(11)7-10/h2*1-7,13-15,22-23H,8-9H2/t2*13-,14-,15-/m11/s1. The van der Waals surface area contributed by atoms with Crippen LogP contribution in [0.1, 0.15) is 11.1 Å². The lowest BCUT2D eigenvalue weighted by molar-refractivity contribution is -0.395. The number of hydrogen-bond acceptors (Lipinski definition) is 8. The van der Waals surface area contributed by atoms with Crippen molar-refractivity contribution >= 4 is 21.5 Å². The topological polar surface area (TPSA) is 118 Å². The summed E-state index contributed by atoms with van der Waals surface area (Å²) in [6.45, 7) is -3.12. The van der Waals surface area contributed by atoms with E-state index in [1.54, 1.807) is 36.4 Å². The third-order valence-electron chi connectivity index (χ3n) is 8.34. The lowest BCUT2D eigenvalue weighted by Crippen LogP contribution is -2.67. The summed E-state index contributed by atoms with van der Waals surface area (Å²) in [7, 11) is 0.